The van der Waals surface area contributed by atoms with Crippen molar-refractivity contribution in [3.05, 3.63) is 81.3 Å². The van der Waals surface area contributed by atoms with Crippen LogP contribution in [0.1, 0.15) is 44.0 Å². The van der Waals surface area contributed by atoms with Gasteiger partial charge in [0.2, 0.25) is 0 Å². The minimum atomic E-state index is -3.49. The first-order chi connectivity index (χ1) is 17.1. The lowest BCUT2D eigenvalue weighted by Crippen LogP contribution is -2.35. The van der Waals surface area contributed by atoms with Gasteiger partial charge in [0.05, 0.1) is 13.7 Å². The Balaban J connectivity index is 1.79. The summed E-state index contributed by atoms with van der Waals surface area (Å²) < 4.78 is 28.2. The summed E-state index contributed by atoms with van der Waals surface area (Å²) in [6, 6.07) is 16.5. The summed E-state index contributed by atoms with van der Waals surface area (Å²) in [6.45, 7) is 2.16. The number of aromatic nitrogens is 1. The van der Waals surface area contributed by atoms with Gasteiger partial charge in [-0.15, -0.1) is 11.3 Å². The zero-order chi connectivity index (χ0) is 26.3. The van der Waals surface area contributed by atoms with E-state index in [2.05, 4.69) is 4.98 Å². The lowest BCUT2D eigenvalue weighted by Gasteiger charge is -2.25. The van der Waals surface area contributed by atoms with Gasteiger partial charge in [0.25, 0.3) is 5.91 Å². The smallest absolute Gasteiger partial charge is 0.256 e. The second-order valence-electron chi connectivity index (χ2n) is 8.53. The van der Waals surface area contributed by atoms with Gasteiger partial charge in [-0.2, -0.15) is 0 Å². The van der Waals surface area contributed by atoms with Crippen LogP contribution in [0, 0.1) is 6.92 Å². The third-order valence-corrected chi connectivity index (χ3v) is 7.28. The molecule has 1 atom stereocenters. The number of hydrogen-bond donors (Lipinski definition) is 1. The zero-order valence-electron chi connectivity index (χ0n) is 20.5. The number of methoxy groups -OCH3 is 1. The van der Waals surface area contributed by atoms with Crippen LogP contribution in [0.4, 0.5) is 0 Å². The average molecular weight is 531 g/mol. The Hall–Kier alpha value is -3.08. The van der Waals surface area contributed by atoms with Crippen LogP contribution in [-0.4, -0.2) is 60.8 Å². The van der Waals surface area contributed by atoms with Crippen molar-refractivity contribution >= 4 is 32.9 Å². The predicted molar refractivity (Wildman–Crippen MR) is 139 cm³/mol. The Morgan fingerprint density at radius 3 is 2.39 bits per heavy atom. The topological polar surface area (TPSA) is 114 Å². The number of Topliss-reactive ketones (excluding diaryl/α,β-unsaturated/α-hetero) is 1. The van der Waals surface area contributed by atoms with Crippen LogP contribution in [0.25, 0.3) is 0 Å². The fourth-order valence-corrected chi connectivity index (χ4v) is 5.31. The number of nitrogens with zero attached hydrogens (tertiary/aromatic N) is 2. The fraction of sp³-hybridized carbons (Fsp3) is 0.346. The number of carbonyl (C=O) groups is 2. The standard InChI is InChI=1S/C26H30N2O6S2/c1-18-24(22(29)17-36(3,32)33)27-23(35-18)16-28(15-7-10-19-8-5-4-6-9-19)26(31)25(30)20-11-13-21(34-2)14-12-20/h4-6,8-9,11-14,25,30H,7,10,15-17H2,1-3H3. The van der Waals surface area contributed by atoms with E-state index >= 15 is 0 Å². The van der Waals surface area contributed by atoms with Crippen LogP contribution in [0.3, 0.4) is 0 Å². The molecule has 1 unspecified atom stereocenters. The lowest BCUT2D eigenvalue weighted by molar-refractivity contribution is -0.141. The second-order valence-corrected chi connectivity index (χ2v) is 12.0. The second kappa shape index (κ2) is 12.2. The van der Waals surface area contributed by atoms with Gasteiger partial charge in [0.1, 0.15) is 22.2 Å². The van der Waals surface area contributed by atoms with Crippen LogP contribution in [0.2, 0.25) is 0 Å². The van der Waals surface area contributed by atoms with Gasteiger partial charge < -0.3 is 14.7 Å². The van der Waals surface area contributed by atoms with E-state index in [1.165, 1.54) is 23.3 Å². The van der Waals surface area contributed by atoms with Crippen molar-refractivity contribution in [3.63, 3.8) is 0 Å². The molecular weight excluding hydrogens is 500 g/mol. The van der Waals surface area contributed by atoms with E-state index in [1.54, 1.807) is 31.2 Å². The summed E-state index contributed by atoms with van der Waals surface area (Å²) >= 11 is 1.24. The Labute approximate surface area is 215 Å². The van der Waals surface area contributed by atoms with Gasteiger partial charge in [-0.3, -0.25) is 9.59 Å². The van der Waals surface area contributed by atoms with Gasteiger partial charge in [0, 0.05) is 17.7 Å². The number of sulfone groups is 1. The highest BCUT2D eigenvalue weighted by Crippen LogP contribution is 2.24. The summed E-state index contributed by atoms with van der Waals surface area (Å²) in [6.07, 6.45) is 1.04. The van der Waals surface area contributed by atoms with Crippen molar-refractivity contribution in [2.45, 2.75) is 32.4 Å². The van der Waals surface area contributed by atoms with E-state index in [0.29, 0.717) is 34.2 Å². The third kappa shape index (κ3) is 7.71. The predicted octanol–water partition coefficient (Wildman–Crippen LogP) is 3.38. The van der Waals surface area contributed by atoms with E-state index < -0.39 is 33.4 Å². The molecule has 10 heteroatoms. The van der Waals surface area contributed by atoms with Crippen molar-refractivity contribution < 1.29 is 27.9 Å². The van der Waals surface area contributed by atoms with Crippen molar-refractivity contribution in [1.29, 1.82) is 0 Å². The van der Waals surface area contributed by atoms with Gasteiger partial charge in [-0.25, -0.2) is 13.4 Å². The molecule has 0 saturated carbocycles. The summed E-state index contributed by atoms with van der Waals surface area (Å²) in [7, 11) is -1.95. The van der Waals surface area contributed by atoms with Gasteiger partial charge >= 0.3 is 0 Å². The van der Waals surface area contributed by atoms with E-state index in [9.17, 15) is 23.1 Å². The quantitative estimate of drug-likeness (QED) is 0.357. The van der Waals surface area contributed by atoms with Gasteiger partial charge in [-0.1, -0.05) is 42.5 Å². The number of thiazole rings is 1. The third-order valence-electron chi connectivity index (χ3n) is 5.54. The van der Waals surface area contributed by atoms with E-state index in [0.717, 1.165) is 18.2 Å². The Bertz CT molecular complexity index is 1290. The highest BCUT2D eigenvalue weighted by Gasteiger charge is 2.26. The molecule has 2 aromatic carbocycles. The maximum atomic E-state index is 13.3. The van der Waals surface area contributed by atoms with Crippen molar-refractivity contribution in [2.75, 3.05) is 25.7 Å². The molecule has 0 radical (unpaired) electrons. The molecule has 0 aliphatic heterocycles. The van der Waals surface area contributed by atoms with Crippen LogP contribution in [0.15, 0.2) is 54.6 Å². The number of amides is 1. The number of ether oxygens (including phenoxy) is 1. The molecule has 1 heterocycles. The molecule has 0 fully saturated rings. The molecule has 1 N–H and O–H groups in total. The molecule has 192 valence electrons. The molecule has 1 amide bonds. The van der Waals surface area contributed by atoms with Gasteiger partial charge in [-0.05, 0) is 43.0 Å². The number of hydrogen-bond acceptors (Lipinski definition) is 8. The number of carbonyl (C=O) groups excluding carboxylic acids is 2. The first-order valence-corrected chi connectivity index (χ1v) is 14.3. The largest absolute Gasteiger partial charge is 0.497 e. The molecule has 0 aliphatic rings. The molecule has 0 bridgehead atoms. The molecule has 3 aromatic rings. The van der Waals surface area contributed by atoms with Crippen molar-refractivity contribution in [2.24, 2.45) is 0 Å². The van der Waals surface area contributed by atoms with Crippen LogP contribution in [0.5, 0.6) is 5.75 Å². The van der Waals surface area contributed by atoms with Gasteiger partial charge in [0.15, 0.2) is 21.7 Å². The van der Waals surface area contributed by atoms with Crippen molar-refractivity contribution in [3.8, 4) is 5.75 Å². The molecule has 3 rings (SSSR count). The normalized spacial score (nSPS) is 12.2. The maximum Gasteiger partial charge on any atom is 0.256 e. The minimum absolute atomic E-state index is 0.0957. The molecule has 0 saturated heterocycles. The Kier molecular flexibility index (Phi) is 9.36. The first kappa shape index (κ1) is 27.5. The number of aliphatic hydroxyl groups is 1. The summed E-state index contributed by atoms with van der Waals surface area (Å²) in [5, 5.41) is 11.3. The van der Waals surface area contributed by atoms with E-state index in [1.807, 2.05) is 30.3 Å². The molecule has 1 aromatic heterocycles. The number of aryl methyl sites for hydroxylation is 2. The van der Waals surface area contributed by atoms with Crippen LogP contribution >= 0.6 is 11.3 Å². The van der Waals surface area contributed by atoms with Crippen molar-refractivity contribution in [1.82, 2.24) is 9.88 Å². The fourth-order valence-electron chi connectivity index (χ4n) is 3.73. The summed E-state index contributed by atoms with van der Waals surface area (Å²) in [4.78, 5) is 32.2. The highest BCUT2D eigenvalue weighted by molar-refractivity contribution is 7.91. The molecule has 0 spiro atoms. The number of rotatable bonds is 12. The SMILES string of the molecule is COc1ccc(C(O)C(=O)N(CCCc2ccccc2)Cc2nc(C(=O)CS(C)(=O)=O)c(C)s2)cc1. The Morgan fingerprint density at radius 2 is 1.78 bits per heavy atom. The molecule has 8 nitrogen and oxygen atoms in total. The lowest BCUT2D eigenvalue weighted by atomic mass is 10.1. The minimum Gasteiger partial charge on any atom is -0.497 e. The molecular formula is C26H30N2O6S2. The molecule has 36 heavy (non-hydrogen) atoms. The monoisotopic (exact) mass is 530 g/mol. The summed E-state index contributed by atoms with van der Waals surface area (Å²) in [5.41, 5.74) is 1.68. The number of aliphatic hydroxyl groups excluding tert-OH is 1. The van der Waals surface area contributed by atoms with E-state index in [-0.39, 0.29) is 12.2 Å². The first-order valence-electron chi connectivity index (χ1n) is 11.4. The zero-order valence-corrected chi connectivity index (χ0v) is 22.1. The van der Waals surface area contributed by atoms with Crippen LogP contribution in [-0.2, 0) is 27.6 Å². The number of ketones is 1. The maximum absolute atomic E-state index is 13.3. The average Bonchev–Trinajstić information content (AvgIpc) is 3.22. The Morgan fingerprint density at radius 1 is 1.11 bits per heavy atom. The highest BCUT2D eigenvalue weighted by atomic mass is 32.2. The van der Waals surface area contributed by atoms with Crippen LogP contribution < -0.4 is 4.74 Å². The van der Waals surface area contributed by atoms with E-state index in [4.69, 9.17) is 4.74 Å². The summed E-state index contributed by atoms with van der Waals surface area (Å²) in [5.74, 6) is -1.06. The number of benzene rings is 2. The molecule has 0 aliphatic carbocycles.